The number of methoxy groups -OCH3 is 1. The van der Waals surface area contributed by atoms with Gasteiger partial charge in [0.15, 0.2) is 0 Å². The Balaban J connectivity index is 1.46. The molecule has 0 radical (unpaired) electrons. The van der Waals surface area contributed by atoms with Crippen LogP contribution in [0.4, 0.5) is 5.82 Å². The van der Waals surface area contributed by atoms with Crippen LogP contribution in [0.2, 0.25) is 0 Å². The van der Waals surface area contributed by atoms with Gasteiger partial charge >= 0.3 is 5.97 Å². The van der Waals surface area contributed by atoms with Gasteiger partial charge in [-0.1, -0.05) is 12.1 Å². The maximum Gasteiger partial charge on any atom is 0.308 e. The third-order valence-corrected chi connectivity index (χ3v) is 6.50. The average molecular weight is 492 g/mol. The molecule has 1 atom stereocenters. The average Bonchev–Trinajstić information content (AvgIpc) is 3.29. The van der Waals surface area contributed by atoms with Gasteiger partial charge in [-0.3, -0.25) is 4.79 Å². The Labute approximate surface area is 212 Å². The molecule has 0 aliphatic carbocycles. The van der Waals surface area contributed by atoms with Crippen molar-refractivity contribution in [2.75, 3.05) is 45.2 Å². The molecule has 2 aromatic heterocycles. The van der Waals surface area contributed by atoms with Gasteiger partial charge in [0.25, 0.3) is 5.96 Å². The topological polar surface area (TPSA) is 96.5 Å². The summed E-state index contributed by atoms with van der Waals surface area (Å²) in [6, 6.07) is 7.61. The van der Waals surface area contributed by atoms with Crippen LogP contribution in [0.3, 0.4) is 0 Å². The molecule has 0 spiro atoms. The van der Waals surface area contributed by atoms with Gasteiger partial charge in [0.2, 0.25) is 5.88 Å². The maximum absolute atomic E-state index is 12.5. The second-order valence-corrected chi connectivity index (χ2v) is 8.78. The van der Waals surface area contributed by atoms with Crippen molar-refractivity contribution in [1.82, 2.24) is 19.8 Å². The molecule has 0 unspecified atom stereocenters. The fraction of sp³-hybridized carbons (Fsp3) is 0.500. The monoisotopic (exact) mass is 491 g/mol. The number of hydrogen-bond donors (Lipinski definition) is 1. The molecule has 36 heavy (non-hydrogen) atoms. The summed E-state index contributed by atoms with van der Waals surface area (Å²) in [6.45, 7) is 12.6. The van der Waals surface area contributed by atoms with Crippen LogP contribution < -0.4 is 10.1 Å². The minimum absolute atomic E-state index is 0.138. The van der Waals surface area contributed by atoms with E-state index in [1.807, 2.05) is 11.0 Å². The number of nitrogens with zero attached hydrogens (tertiary/aromatic N) is 6. The number of rotatable bonds is 10. The van der Waals surface area contributed by atoms with Crippen molar-refractivity contribution in [3.63, 3.8) is 0 Å². The van der Waals surface area contributed by atoms with Crippen molar-refractivity contribution < 1.29 is 14.3 Å². The number of anilines is 1. The van der Waals surface area contributed by atoms with E-state index in [2.05, 4.69) is 37.4 Å². The fourth-order valence-electron chi connectivity index (χ4n) is 4.74. The Morgan fingerprint density at radius 3 is 2.94 bits per heavy atom. The lowest BCUT2D eigenvalue weighted by atomic mass is 10.0. The van der Waals surface area contributed by atoms with Crippen LogP contribution in [0, 0.1) is 6.57 Å². The van der Waals surface area contributed by atoms with Crippen LogP contribution >= 0.6 is 0 Å². The number of aryl methyl sites for hydroxylation is 2. The van der Waals surface area contributed by atoms with Gasteiger partial charge in [-0.15, -0.1) is 4.95 Å². The van der Waals surface area contributed by atoms with E-state index in [9.17, 15) is 4.79 Å². The number of guanidine groups is 1. The first-order chi connectivity index (χ1) is 17.6. The van der Waals surface area contributed by atoms with E-state index in [1.165, 1.54) is 5.56 Å². The summed E-state index contributed by atoms with van der Waals surface area (Å²) in [4.78, 5) is 29.0. The number of hydrogen-bond acceptors (Lipinski definition) is 7. The number of aromatic nitrogens is 2. The molecule has 2 aliphatic rings. The molecule has 0 amide bonds. The number of carbonyl (C=O) groups is 1. The summed E-state index contributed by atoms with van der Waals surface area (Å²) >= 11 is 0. The molecule has 10 nitrogen and oxygen atoms in total. The van der Waals surface area contributed by atoms with Crippen molar-refractivity contribution in [3.05, 3.63) is 58.8 Å². The molecule has 4 rings (SSSR count). The fourth-order valence-corrected chi connectivity index (χ4v) is 4.74. The van der Waals surface area contributed by atoms with Crippen molar-refractivity contribution in [1.29, 1.82) is 0 Å². The second-order valence-electron chi connectivity index (χ2n) is 8.78. The van der Waals surface area contributed by atoms with Crippen LogP contribution in [-0.4, -0.2) is 71.6 Å². The molecule has 190 valence electrons. The molecule has 0 bridgehead atoms. The smallest absolute Gasteiger partial charge is 0.308 e. The van der Waals surface area contributed by atoms with Gasteiger partial charge in [0, 0.05) is 44.1 Å². The lowest BCUT2D eigenvalue weighted by Crippen LogP contribution is -2.37. The van der Waals surface area contributed by atoms with Crippen LogP contribution in [0.5, 0.6) is 5.88 Å². The largest absolute Gasteiger partial charge is 0.481 e. The van der Waals surface area contributed by atoms with Gasteiger partial charge in [0.05, 0.1) is 26.2 Å². The normalized spacial score (nSPS) is 16.8. The molecule has 1 N–H and O–H groups in total. The van der Waals surface area contributed by atoms with Gasteiger partial charge in [-0.05, 0) is 49.8 Å². The first-order valence-electron chi connectivity index (χ1n) is 12.5. The Morgan fingerprint density at radius 2 is 2.19 bits per heavy atom. The predicted octanol–water partition coefficient (Wildman–Crippen LogP) is 3.28. The third-order valence-electron chi connectivity index (χ3n) is 6.50. The van der Waals surface area contributed by atoms with E-state index in [4.69, 9.17) is 21.0 Å². The second kappa shape index (κ2) is 12.2. The third kappa shape index (κ3) is 6.03. The highest BCUT2D eigenvalue weighted by molar-refractivity contribution is 5.83. The highest BCUT2D eigenvalue weighted by atomic mass is 16.5. The molecule has 4 heterocycles. The Hall–Kier alpha value is -3.87. The van der Waals surface area contributed by atoms with Crippen LogP contribution in [0.25, 0.3) is 4.95 Å². The molecule has 10 heteroatoms. The zero-order chi connectivity index (χ0) is 25.3. The Kier molecular flexibility index (Phi) is 8.55. The summed E-state index contributed by atoms with van der Waals surface area (Å²) < 4.78 is 10.4. The number of carbonyl (C=O) groups excluding carboxylic acids is 1. The summed E-state index contributed by atoms with van der Waals surface area (Å²) in [5.74, 6) is 1.79. The minimum atomic E-state index is -0.346. The van der Waals surface area contributed by atoms with Crippen molar-refractivity contribution in [2.45, 2.75) is 45.1 Å². The van der Waals surface area contributed by atoms with Crippen molar-refractivity contribution in [3.8, 4) is 5.88 Å². The van der Waals surface area contributed by atoms with Gasteiger partial charge < -0.3 is 24.6 Å². The summed E-state index contributed by atoms with van der Waals surface area (Å²) in [5.41, 5.74) is 3.19. The highest BCUT2D eigenvalue weighted by Crippen LogP contribution is 2.30. The first kappa shape index (κ1) is 25.2. The SMILES string of the molecule is [C-]#[N+]/N=C1\N(CCCc2ccc3c(n2)NCCC3)CCN1[C@@H](CC(=O)OCC)c1ccc(OC)nc1. The zero-order valence-electron chi connectivity index (χ0n) is 20.9. The van der Waals surface area contributed by atoms with Gasteiger partial charge in [0.1, 0.15) is 10.9 Å². The first-order valence-corrected chi connectivity index (χ1v) is 12.5. The molecule has 1 saturated heterocycles. The molecule has 0 aromatic carbocycles. The summed E-state index contributed by atoms with van der Waals surface area (Å²) in [6.07, 6.45) is 5.78. The number of fused-ring (bicyclic) bond motifs is 1. The van der Waals surface area contributed by atoms with E-state index in [1.54, 1.807) is 26.3 Å². The number of nitrogens with one attached hydrogen (secondary N) is 1. The minimum Gasteiger partial charge on any atom is -0.481 e. The van der Waals surface area contributed by atoms with Crippen LogP contribution in [0.1, 0.15) is 49.0 Å². The summed E-state index contributed by atoms with van der Waals surface area (Å²) in [5, 5.41) is 7.53. The maximum atomic E-state index is 12.5. The van der Waals surface area contributed by atoms with E-state index in [-0.39, 0.29) is 18.4 Å². The molecule has 2 aromatic rings. The number of ether oxygens (including phenoxy) is 2. The van der Waals surface area contributed by atoms with Gasteiger partial charge in [-0.25, -0.2) is 9.97 Å². The Bertz CT molecular complexity index is 1110. The van der Waals surface area contributed by atoms with Crippen LogP contribution in [0.15, 0.2) is 35.6 Å². The number of pyridine rings is 2. The molecular weight excluding hydrogens is 458 g/mol. The molecule has 1 fully saturated rings. The van der Waals surface area contributed by atoms with E-state index in [0.717, 1.165) is 62.4 Å². The predicted molar refractivity (Wildman–Crippen MR) is 136 cm³/mol. The van der Waals surface area contributed by atoms with Crippen molar-refractivity contribution >= 4 is 17.7 Å². The molecule has 0 saturated carbocycles. The number of esters is 1. The van der Waals surface area contributed by atoms with E-state index < -0.39 is 0 Å². The van der Waals surface area contributed by atoms with E-state index >= 15 is 0 Å². The lowest BCUT2D eigenvalue weighted by Gasteiger charge is -2.28. The molecule has 2 aliphatic heterocycles. The summed E-state index contributed by atoms with van der Waals surface area (Å²) in [7, 11) is 1.56. The Morgan fingerprint density at radius 1 is 1.31 bits per heavy atom. The standard InChI is InChI=1S/C26H33N7O3/c1-4-36-24(34)17-22(20-10-12-23(35-3)29-18-20)33-16-15-32(26(33)31-27-2)14-6-8-21-11-9-19-7-5-13-28-25(19)30-21/h9-12,18,22H,4-8,13-17H2,1,3H3,(H,28,30)/b31-26+/t22-/m0/s1. The zero-order valence-corrected chi connectivity index (χ0v) is 20.9. The van der Waals surface area contributed by atoms with Gasteiger partial charge in [-0.2, -0.15) is 6.57 Å². The highest BCUT2D eigenvalue weighted by Gasteiger charge is 2.36. The van der Waals surface area contributed by atoms with E-state index in [0.29, 0.717) is 25.0 Å². The lowest BCUT2D eigenvalue weighted by molar-refractivity contribution is -0.144. The quantitative estimate of drug-likeness (QED) is 0.307. The van der Waals surface area contributed by atoms with Crippen molar-refractivity contribution in [2.24, 2.45) is 5.10 Å². The van der Waals surface area contributed by atoms with Crippen LogP contribution in [-0.2, 0) is 22.4 Å². The molecular formula is C26H33N7O3.